The first-order valence-electron chi connectivity index (χ1n) is 12.7. The second kappa shape index (κ2) is 11.2. The Morgan fingerprint density at radius 1 is 0.919 bits per heavy atom. The standard InChI is InChI=1S/C31H30N2O4/c1-36-30(34)19-28(23-13-11-22(12-14-23)21-7-3-2-4-8-21)33-31(35)29-18-24-15-16-27(17-25(24)20-32-29)37-26-9-5-6-10-26/h2-4,7-8,11-18,20,26,28H,5-6,9-10,19H2,1H3,(H,33,35). The first-order chi connectivity index (χ1) is 18.1. The molecule has 1 fully saturated rings. The first-order valence-corrected chi connectivity index (χ1v) is 12.7. The number of methoxy groups -OCH3 is 1. The third-order valence-electron chi connectivity index (χ3n) is 6.85. The highest BCUT2D eigenvalue weighted by atomic mass is 16.5. The summed E-state index contributed by atoms with van der Waals surface area (Å²) < 4.78 is 11.0. The van der Waals surface area contributed by atoms with Crippen molar-refractivity contribution in [1.29, 1.82) is 0 Å². The van der Waals surface area contributed by atoms with Crippen molar-refractivity contribution in [3.63, 3.8) is 0 Å². The number of hydrogen-bond acceptors (Lipinski definition) is 5. The molecule has 1 amide bonds. The number of rotatable bonds is 8. The van der Waals surface area contributed by atoms with Crippen molar-refractivity contribution in [1.82, 2.24) is 10.3 Å². The normalized spacial score (nSPS) is 14.3. The zero-order valence-corrected chi connectivity index (χ0v) is 20.9. The minimum Gasteiger partial charge on any atom is -0.490 e. The van der Waals surface area contributed by atoms with Crippen molar-refractivity contribution in [2.24, 2.45) is 0 Å². The molecule has 0 saturated heterocycles. The summed E-state index contributed by atoms with van der Waals surface area (Å²) in [6.45, 7) is 0. The lowest BCUT2D eigenvalue weighted by Crippen LogP contribution is -2.31. The Hall–Kier alpha value is -4.19. The van der Waals surface area contributed by atoms with E-state index in [1.807, 2.05) is 72.8 Å². The molecule has 6 nitrogen and oxygen atoms in total. The predicted molar refractivity (Wildman–Crippen MR) is 143 cm³/mol. The lowest BCUT2D eigenvalue weighted by Gasteiger charge is -2.19. The van der Waals surface area contributed by atoms with Crippen LogP contribution in [0, 0.1) is 0 Å². The molecule has 1 heterocycles. The molecule has 1 saturated carbocycles. The average Bonchev–Trinajstić information content (AvgIpc) is 3.46. The van der Waals surface area contributed by atoms with Crippen LogP contribution in [0.3, 0.4) is 0 Å². The summed E-state index contributed by atoms with van der Waals surface area (Å²) in [7, 11) is 1.34. The zero-order valence-electron chi connectivity index (χ0n) is 20.9. The van der Waals surface area contributed by atoms with Gasteiger partial charge in [-0.1, -0.05) is 60.7 Å². The van der Waals surface area contributed by atoms with Gasteiger partial charge in [0.2, 0.25) is 0 Å². The molecule has 0 bridgehead atoms. The maximum Gasteiger partial charge on any atom is 0.307 e. The van der Waals surface area contributed by atoms with Crippen LogP contribution in [0.1, 0.15) is 54.2 Å². The summed E-state index contributed by atoms with van der Waals surface area (Å²) in [6.07, 6.45) is 6.61. The van der Waals surface area contributed by atoms with Crippen LogP contribution >= 0.6 is 0 Å². The van der Waals surface area contributed by atoms with Crippen molar-refractivity contribution in [2.45, 2.75) is 44.2 Å². The summed E-state index contributed by atoms with van der Waals surface area (Å²) in [5.41, 5.74) is 3.25. The molecule has 188 valence electrons. The topological polar surface area (TPSA) is 77.5 Å². The van der Waals surface area contributed by atoms with Gasteiger partial charge in [-0.25, -0.2) is 0 Å². The van der Waals surface area contributed by atoms with E-state index in [0.29, 0.717) is 0 Å². The highest BCUT2D eigenvalue weighted by Gasteiger charge is 2.21. The number of fused-ring (bicyclic) bond motifs is 1. The van der Waals surface area contributed by atoms with Crippen LogP contribution in [0.5, 0.6) is 5.75 Å². The Labute approximate surface area is 216 Å². The van der Waals surface area contributed by atoms with E-state index in [-0.39, 0.29) is 24.1 Å². The zero-order chi connectivity index (χ0) is 25.6. The van der Waals surface area contributed by atoms with E-state index in [9.17, 15) is 9.59 Å². The number of carbonyl (C=O) groups excluding carboxylic acids is 2. The van der Waals surface area contributed by atoms with Crippen molar-refractivity contribution < 1.29 is 19.1 Å². The van der Waals surface area contributed by atoms with Gasteiger partial charge in [0, 0.05) is 11.6 Å². The molecule has 0 radical (unpaired) electrons. The lowest BCUT2D eigenvalue weighted by atomic mass is 9.99. The minimum absolute atomic E-state index is 0.0162. The Kier molecular flexibility index (Phi) is 7.45. The summed E-state index contributed by atoms with van der Waals surface area (Å²) in [5.74, 6) is 0.0726. The summed E-state index contributed by atoms with van der Waals surface area (Å²) in [4.78, 5) is 29.7. The van der Waals surface area contributed by atoms with E-state index in [1.54, 1.807) is 12.3 Å². The molecule has 0 aliphatic heterocycles. The Balaban J connectivity index is 1.33. The van der Waals surface area contributed by atoms with Gasteiger partial charge in [-0.15, -0.1) is 0 Å². The maximum absolute atomic E-state index is 13.2. The predicted octanol–water partition coefficient (Wildman–Crippen LogP) is 6.26. The molecule has 1 unspecified atom stereocenters. The van der Waals surface area contributed by atoms with Crippen LogP contribution in [0.4, 0.5) is 0 Å². The van der Waals surface area contributed by atoms with Crippen LogP contribution in [-0.2, 0) is 9.53 Å². The van der Waals surface area contributed by atoms with Crippen molar-refractivity contribution in [3.8, 4) is 16.9 Å². The van der Waals surface area contributed by atoms with E-state index < -0.39 is 12.0 Å². The fraction of sp³-hybridized carbons (Fsp3) is 0.258. The third kappa shape index (κ3) is 5.97. The van der Waals surface area contributed by atoms with E-state index in [1.165, 1.54) is 20.0 Å². The molecule has 0 spiro atoms. The van der Waals surface area contributed by atoms with Gasteiger partial charge in [0.05, 0.1) is 25.7 Å². The quantitative estimate of drug-likeness (QED) is 0.293. The van der Waals surface area contributed by atoms with Crippen LogP contribution < -0.4 is 10.1 Å². The molecular formula is C31H30N2O4. The smallest absolute Gasteiger partial charge is 0.307 e. The number of nitrogens with zero attached hydrogens (tertiary/aromatic N) is 1. The summed E-state index contributed by atoms with van der Waals surface area (Å²) in [5, 5.41) is 4.78. The van der Waals surface area contributed by atoms with E-state index in [0.717, 1.165) is 46.1 Å². The molecule has 1 aromatic heterocycles. The van der Waals surface area contributed by atoms with Gasteiger partial charge in [0.25, 0.3) is 5.91 Å². The average molecular weight is 495 g/mol. The highest BCUT2D eigenvalue weighted by Crippen LogP contribution is 2.28. The molecule has 37 heavy (non-hydrogen) atoms. The number of aromatic nitrogens is 1. The van der Waals surface area contributed by atoms with Gasteiger partial charge in [-0.3, -0.25) is 14.6 Å². The van der Waals surface area contributed by atoms with Crippen molar-refractivity contribution in [2.75, 3.05) is 7.11 Å². The van der Waals surface area contributed by atoms with Crippen LogP contribution in [0.25, 0.3) is 21.9 Å². The largest absolute Gasteiger partial charge is 0.490 e. The van der Waals surface area contributed by atoms with Gasteiger partial charge in [-0.05, 0) is 66.0 Å². The fourth-order valence-corrected chi connectivity index (χ4v) is 4.79. The number of nitrogens with one attached hydrogen (secondary N) is 1. The second-order valence-corrected chi connectivity index (χ2v) is 9.40. The molecule has 6 heteroatoms. The van der Waals surface area contributed by atoms with Gasteiger partial charge in [0.1, 0.15) is 11.4 Å². The summed E-state index contributed by atoms with van der Waals surface area (Å²) in [6, 6.07) is 24.9. The molecule has 3 aromatic carbocycles. The molecule has 4 aromatic rings. The Morgan fingerprint density at radius 2 is 1.65 bits per heavy atom. The number of hydrogen-bond donors (Lipinski definition) is 1. The molecule has 1 N–H and O–H groups in total. The molecular weight excluding hydrogens is 464 g/mol. The molecule has 1 aliphatic rings. The van der Waals surface area contributed by atoms with Crippen LogP contribution in [-0.4, -0.2) is 30.1 Å². The minimum atomic E-state index is -0.551. The second-order valence-electron chi connectivity index (χ2n) is 9.40. The number of ether oxygens (including phenoxy) is 2. The number of esters is 1. The highest BCUT2D eigenvalue weighted by molar-refractivity contribution is 5.97. The van der Waals surface area contributed by atoms with Crippen molar-refractivity contribution in [3.05, 3.63) is 96.3 Å². The first kappa shape index (κ1) is 24.5. The maximum atomic E-state index is 13.2. The van der Waals surface area contributed by atoms with Gasteiger partial charge < -0.3 is 14.8 Å². The van der Waals surface area contributed by atoms with Crippen LogP contribution in [0.2, 0.25) is 0 Å². The monoisotopic (exact) mass is 494 g/mol. The van der Waals surface area contributed by atoms with Crippen LogP contribution in [0.15, 0.2) is 85.1 Å². The fourth-order valence-electron chi connectivity index (χ4n) is 4.79. The van der Waals surface area contributed by atoms with E-state index in [2.05, 4.69) is 10.3 Å². The third-order valence-corrected chi connectivity index (χ3v) is 6.85. The van der Waals surface area contributed by atoms with E-state index in [4.69, 9.17) is 9.47 Å². The number of carbonyl (C=O) groups is 2. The SMILES string of the molecule is COC(=O)CC(NC(=O)c1cc2ccc(OC3CCCC3)cc2cn1)c1ccc(-c2ccccc2)cc1. The van der Waals surface area contributed by atoms with Crippen molar-refractivity contribution >= 4 is 22.6 Å². The Morgan fingerprint density at radius 3 is 2.38 bits per heavy atom. The number of amides is 1. The lowest BCUT2D eigenvalue weighted by molar-refractivity contribution is -0.141. The van der Waals surface area contributed by atoms with E-state index >= 15 is 0 Å². The number of benzene rings is 3. The number of pyridine rings is 1. The Bertz CT molecular complexity index is 1380. The van der Waals surface area contributed by atoms with Gasteiger partial charge in [0.15, 0.2) is 0 Å². The van der Waals surface area contributed by atoms with Gasteiger partial charge >= 0.3 is 5.97 Å². The molecule has 1 aliphatic carbocycles. The summed E-state index contributed by atoms with van der Waals surface area (Å²) >= 11 is 0. The molecule has 1 atom stereocenters. The molecule has 5 rings (SSSR count). The van der Waals surface area contributed by atoms with Gasteiger partial charge in [-0.2, -0.15) is 0 Å².